The van der Waals surface area contributed by atoms with Crippen LogP contribution in [0.4, 0.5) is 0 Å². The predicted octanol–water partition coefficient (Wildman–Crippen LogP) is 1.84. The highest BCUT2D eigenvalue weighted by atomic mass is 16.5. The molecule has 1 aliphatic heterocycles. The van der Waals surface area contributed by atoms with Crippen LogP contribution in [0.15, 0.2) is 30.6 Å². The average Bonchev–Trinajstić information content (AvgIpc) is 2.87. The maximum Gasteiger partial charge on any atom is 0.274 e. The molecule has 27 heavy (non-hydrogen) atoms. The number of carbonyl (C=O) groups excluding carboxylic acids is 2. The number of hydrogen-bond acceptors (Lipinski definition) is 5. The van der Waals surface area contributed by atoms with Gasteiger partial charge in [-0.2, -0.15) is 0 Å². The number of carbonyl (C=O) groups is 2. The van der Waals surface area contributed by atoms with Crippen molar-refractivity contribution < 1.29 is 14.3 Å². The highest BCUT2D eigenvalue weighted by Crippen LogP contribution is 2.25. The van der Waals surface area contributed by atoms with Crippen LogP contribution < -0.4 is 4.74 Å². The zero-order valence-electron chi connectivity index (χ0n) is 15.9. The highest BCUT2D eigenvalue weighted by Gasteiger charge is 2.22. The van der Waals surface area contributed by atoms with Gasteiger partial charge in [-0.15, -0.1) is 0 Å². The minimum Gasteiger partial charge on any atom is -0.491 e. The largest absolute Gasteiger partial charge is 0.491 e. The molecule has 2 heterocycles. The van der Waals surface area contributed by atoms with Crippen molar-refractivity contribution in [3.05, 3.63) is 53.1 Å². The number of hydrogen-bond donors (Lipinski definition) is 0. The van der Waals surface area contributed by atoms with Crippen LogP contribution >= 0.6 is 0 Å². The zero-order chi connectivity index (χ0) is 19.4. The second-order valence-electron chi connectivity index (χ2n) is 6.85. The van der Waals surface area contributed by atoms with Gasteiger partial charge in [0, 0.05) is 38.8 Å². The van der Waals surface area contributed by atoms with Gasteiger partial charge in [0.1, 0.15) is 18.1 Å². The van der Waals surface area contributed by atoms with Crippen molar-refractivity contribution in [2.75, 3.05) is 27.2 Å². The van der Waals surface area contributed by atoms with Gasteiger partial charge in [-0.3, -0.25) is 14.6 Å². The monoisotopic (exact) mass is 368 g/mol. The van der Waals surface area contributed by atoms with Gasteiger partial charge < -0.3 is 14.5 Å². The summed E-state index contributed by atoms with van der Waals surface area (Å²) in [4.78, 5) is 36.2. The Morgan fingerprint density at radius 2 is 2.04 bits per heavy atom. The van der Waals surface area contributed by atoms with E-state index in [4.69, 9.17) is 4.74 Å². The van der Waals surface area contributed by atoms with E-state index in [1.807, 2.05) is 25.1 Å². The Kier molecular flexibility index (Phi) is 5.69. The predicted molar refractivity (Wildman–Crippen MR) is 100 cm³/mol. The Labute approximate surface area is 159 Å². The molecule has 0 unspecified atom stereocenters. The minimum absolute atomic E-state index is 0.0935. The molecule has 0 saturated heterocycles. The van der Waals surface area contributed by atoms with E-state index in [0.717, 1.165) is 22.6 Å². The van der Waals surface area contributed by atoms with E-state index in [1.165, 1.54) is 6.20 Å². The van der Waals surface area contributed by atoms with Crippen molar-refractivity contribution in [2.45, 2.75) is 26.3 Å². The summed E-state index contributed by atoms with van der Waals surface area (Å²) in [5.41, 5.74) is 3.09. The van der Waals surface area contributed by atoms with Crippen LogP contribution in [-0.4, -0.2) is 58.8 Å². The number of nitrogens with zero attached hydrogens (tertiary/aromatic N) is 4. The Balaban J connectivity index is 1.75. The minimum atomic E-state index is -0.160. The molecule has 0 bridgehead atoms. The van der Waals surface area contributed by atoms with Gasteiger partial charge >= 0.3 is 0 Å². The summed E-state index contributed by atoms with van der Waals surface area (Å²) in [6.45, 7) is 3.19. The van der Waals surface area contributed by atoms with Crippen LogP contribution in [-0.2, 0) is 17.8 Å². The van der Waals surface area contributed by atoms with E-state index in [1.54, 1.807) is 30.1 Å². The van der Waals surface area contributed by atoms with Crippen LogP contribution in [0, 0.1) is 6.92 Å². The van der Waals surface area contributed by atoms with Gasteiger partial charge in [0.2, 0.25) is 5.91 Å². The smallest absolute Gasteiger partial charge is 0.274 e. The number of ether oxygens (including phenoxy) is 1. The molecule has 0 N–H and O–H groups in total. The molecule has 2 amide bonds. The Hall–Kier alpha value is -2.96. The molecular formula is C20H24N4O3. The normalized spacial score (nSPS) is 13.4. The second kappa shape index (κ2) is 8.16. The fourth-order valence-corrected chi connectivity index (χ4v) is 2.92. The van der Waals surface area contributed by atoms with Crippen LogP contribution in [0.5, 0.6) is 5.75 Å². The number of benzene rings is 1. The van der Waals surface area contributed by atoms with E-state index in [-0.39, 0.29) is 11.8 Å². The number of aromatic nitrogens is 2. The van der Waals surface area contributed by atoms with Gasteiger partial charge in [0.15, 0.2) is 0 Å². The van der Waals surface area contributed by atoms with Gasteiger partial charge in [-0.1, -0.05) is 12.1 Å². The van der Waals surface area contributed by atoms with Crippen molar-refractivity contribution in [1.29, 1.82) is 0 Å². The molecule has 1 aromatic carbocycles. The van der Waals surface area contributed by atoms with Crippen LogP contribution in [0.2, 0.25) is 0 Å². The molecule has 0 radical (unpaired) electrons. The fourth-order valence-electron chi connectivity index (χ4n) is 2.92. The number of aryl methyl sites for hydroxylation is 2. The number of rotatable bonds is 4. The molecule has 0 fully saturated rings. The molecule has 1 aromatic heterocycles. The SMILES string of the molecule is Cc1cnc(C(=O)N2CCOc3ccc(CCC(=O)N(C)C)cc3C2)cn1. The summed E-state index contributed by atoms with van der Waals surface area (Å²) in [7, 11) is 3.51. The number of amides is 2. The van der Waals surface area contributed by atoms with Crippen LogP contribution in [0.25, 0.3) is 0 Å². The Bertz CT molecular complexity index is 834. The number of fused-ring (bicyclic) bond motifs is 1. The highest BCUT2D eigenvalue weighted by molar-refractivity contribution is 5.92. The molecule has 0 saturated carbocycles. The van der Waals surface area contributed by atoms with Crippen molar-refractivity contribution in [1.82, 2.24) is 19.8 Å². The third-order valence-electron chi connectivity index (χ3n) is 4.52. The van der Waals surface area contributed by atoms with Gasteiger partial charge in [-0.05, 0) is 25.0 Å². The molecule has 142 valence electrons. The topological polar surface area (TPSA) is 75.6 Å². The fraction of sp³-hybridized carbons (Fsp3) is 0.400. The first-order valence-corrected chi connectivity index (χ1v) is 8.96. The van der Waals surface area contributed by atoms with E-state index in [2.05, 4.69) is 9.97 Å². The summed E-state index contributed by atoms with van der Waals surface area (Å²) < 4.78 is 5.80. The summed E-state index contributed by atoms with van der Waals surface area (Å²) >= 11 is 0. The summed E-state index contributed by atoms with van der Waals surface area (Å²) in [6.07, 6.45) is 4.21. The Morgan fingerprint density at radius 3 is 2.74 bits per heavy atom. The van der Waals surface area contributed by atoms with Crippen molar-refractivity contribution in [3.63, 3.8) is 0 Å². The lowest BCUT2D eigenvalue weighted by atomic mass is 10.0. The van der Waals surface area contributed by atoms with Crippen molar-refractivity contribution in [3.8, 4) is 5.75 Å². The van der Waals surface area contributed by atoms with Gasteiger partial charge in [0.05, 0.1) is 18.4 Å². The molecule has 0 aliphatic carbocycles. The first-order chi connectivity index (χ1) is 12.9. The van der Waals surface area contributed by atoms with E-state index in [9.17, 15) is 9.59 Å². The lowest BCUT2D eigenvalue weighted by Gasteiger charge is -2.19. The first kappa shape index (κ1) is 18.8. The maximum absolute atomic E-state index is 12.8. The lowest BCUT2D eigenvalue weighted by Crippen LogP contribution is -2.33. The van der Waals surface area contributed by atoms with E-state index >= 15 is 0 Å². The van der Waals surface area contributed by atoms with E-state index in [0.29, 0.717) is 38.2 Å². The molecule has 0 atom stereocenters. The molecule has 7 heteroatoms. The summed E-state index contributed by atoms with van der Waals surface area (Å²) in [5.74, 6) is 0.714. The molecule has 3 rings (SSSR count). The quantitative estimate of drug-likeness (QED) is 0.823. The molecule has 1 aliphatic rings. The lowest BCUT2D eigenvalue weighted by molar-refractivity contribution is -0.128. The first-order valence-electron chi connectivity index (χ1n) is 8.96. The Morgan fingerprint density at radius 1 is 1.22 bits per heavy atom. The molecule has 7 nitrogen and oxygen atoms in total. The zero-order valence-corrected chi connectivity index (χ0v) is 15.9. The molecule has 2 aromatic rings. The third kappa shape index (κ3) is 4.61. The second-order valence-corrected chi connectivity index (χ2v) is 6.85. The maximum atomic E-state index is 12.8. The van der Waals surface area contributed by atoms with Crippen LogP contribution in [0.3, 0.4) is 0 Å². The average molecular weight is 368 g/mol. The van der Waals surface area contributed by atoms with Gasteiger partial charge in [-0.25, -0.2) is 4.98 Å². The summed E-state index contributed by atoms with van der Waals surface area (Å²) in [6, 6.07) is 5.92. The summed E-state index contributed by atoms with van der Waals surface area (Å²) in [5, 5.41) is 0. The van der Waals surface area contributed by atoms with Crippen molar-refractivity contribution >= 4 is 11.8 Å². The van der Waals surface area contributed by atoms with Crippen molar-refractivity contribution in [2.24, 2.45) is 0 Å². The van der Waals surface area contributed by atoms with Gasteiger partial charge in [0.25, 0.3) is 5.91 Å². The molecule has 0 spiro atoms. The molecular weight excluding hydrogens is 344 g/mol. The third-order valence-corrected chi connectivity index (χ3v) is 4.52. The van der Waals surface area contributed by atoms with Crippen LogP contribution in [0.1, 0.15) is 33.7 Å². The standard InChI is InChI=1S/C20H24N4O3/c1-14-11-22-17(12-21-14)20(26)24-8-9-27-18-6-4-15(10-16(18)13-24)5-7-19(25)23(2)3/h4,6,10-12H,5,7-9,13H2,1-3H3. The van der Waals surface area contributed by atoms with E-state index < -0.39 is 0 Å².